The number of aliphatic hydroxyl groups is 6. The van der Waals surface area contributed by atoms with Gasteiger partial charge in [0.05, 0.1) is 13.2 Å². The van der Waals surface area contributed by atoms with Crippen LogP contribution in [0.15, 0.2) is 0 Å². The summed E-state index contributed by atoms with van der Waals surface area (Å²) in [5, 5.41) is 54.8. The zero-order valence-corrected chi connectivity index (χ0v) is 11.3. The number of aliphatic hydroxyl groups excluding tert-OH is 6. The Morgan fingerprint density at radius 1 is 1.00 bits per heavy atom. The molecule has 0 bridgehead atoms. The standard InChI is InChI=1S/C11H20O10/c1-5(14)20-4-6(2-12)21-11(19)10(18)9(17)8(16)7(15)3-13/h6-10,12-13,15-18H,2-4H2,1H3/t6?,7-,8-,9+,10-/m1/s1. The van der Waals surface area contributed by atoms with Gasteiger partial charge in [0, 0.05) is 6.92 Å². The van der Waals surface area contributed by atoms with Crippen molar-refractivity contribution in [1.29, 1.82) is 0 Å². The molecule has 10 heteroatoms. The molecule has 5 atom stereocenters. The van der Waals surface area contributed by atoms with Crippen molar-refractivity contribution in [2.24, 2.45) is 0 Å². The van der Waals surface area contributed by atoms with Gasteiger partial charge in [-0.1, -0.05) is 0 Å². The molecule has 0 aliphatic heterocycles. The van der Waals surface area contributed by atoms with Crippen molar-refractivity contribution in [3.8, 4) is 0 Å². The summed E-state index contributed by atoms with van der Waals surface area (Å²) in [5.74, 6) is -2.08. The molecule has 0 heterocycles. The van der Waals surface area contributed by atoms with Crippen LogP contribution < -0.4 is 0 Å². The van der Waals surface area contributed by atoms with E-state index in [2.05, 4.69) is 9.47 Å². The van der Waals surface area contributed by atoms with Gasteiger partial charge in [0.2, 0.25) is 0 Å². The first-order chi connectivity index (χ1) is 9.74. The van der Waals surface area contributed by atoms with Crippen molar-refractivity contribution in [3.63, 3.8) is 0 Å². The van der Waals surface area contributed by atoms with Gasteiger partial charge in [-0.15, -0.1) is 0 Å². The number of carbonyl (C=O) groups is 2. The second kappa shape index (κ2) is 9.60. The number of ether oxygens (including phenoxy) is 2. The molecule has 1 unspecified atom stereocenters. The molecule has 6 N–H and O–H groups in total. The third-order valence-corrected chi connectivity index (χ3v) is 2.46. The molecule has 0 aromatic carbocycles. The van der Waals surface area contributed by atoms with E-state index in [4.69, 9.17) is 15.3 Å². The van der Waals surface area contributed by atoms with Gasteiger partial charge in [-0.2, -0.15) is 0 Å². The van der Waals surface area contributed by atoms with Gasteiger partial charge in [-0.3, -0.25) is 4.79 Å². The molecule has 0 saturated heterocycles. The van der Waals surface area contributed by atoms with Crippen molar-refractivity contribution in [1.82, 2.24) is 0 Å². The number of hydrogen-bond donors (Lipinski definition) is 6. The lowest BCUT2D eigenvalue weighted by Gasteiger charge is -2.25. The second-order valence-electron chi connectivity index (χ2n) is 4.22. The molecule has 0 saturated carbocycles. The molecule has 0 radical (unpaired) electrons. The Balaban J connectivity index is 4.50. The molecule has 0 fully saturated rings. The first-order valence-electron chi connectivity index (χ1n) is 6.02. The number of hydrogen-bond acceptors (Lipinski definition) is 10. The summed E-state index contributed by atoms with van der Waals surface area (Å²) in [6, 6.07) is 0. The molecule has 0 spiro atoms. The van der Waals surface area contributed by atoms with Gasteiger partial charge in [-0.25, -0.2) is 4.79 Å². The van der Waals surface area contributed by atoms with Crippen LogP contribution in [0.5, 0.6) is 0 Å². The van der Waals surface area contributed by atoms with Crippen molar-refractivity contribution in [3.05, 3.63) is 0 Å². The van der Waals surface area contributed by atoms with Gasteiger partial charge in [0.25, 0.3) is 0 Å². The van der Waals surface area contributed by atoms with Crippen molar-refractivity contribution >= 4 is 11.9 Å². The summed E-state index contributed by atoms with van der Waals surface area (Å²) in [6.07, 6.45) is -9.36. The van der Waals surface area contributed by atoms with Gasteiger partial charge < -0.3 is 40.1 Å². The quantitative estimate of drug-likeness (QED) is 0.229. The SMILES string of the molecule is CC(=O)OCC(CO)OC(=O)[C@H](O)[C@@H](O)[C@H](O)[C@H](O)CO. The summed E-state index contributed by atoms with van der Waals surface area (Å²) in [5.41, 5.74) is 0. The summed E-state index contributed by atoms with van der Waals surface area (Å²) in [7, 11) is 0. The highest BCUT2D eigenvalue weighted by Gasteiger charge is 2.36. The van der Waals surface area contributed by atoms with Gasteiger partial charge in [0.1, 0.15) is 24.9 Å². The van der Waals surface area contributed by atoms with E-state index in [1.54, 1.807) is 0 Å². The van der Waals surface area contributed by atoms with E-state index in [0.29, 0.717) is 0 Å². The van der Waals surface area contributed by atoms with Crippen LogP contribution in [-0.2, 0) is 19.1 Å². The molecular formula is C11H20O10. The van der Waals surface area contributed by atoms with Gasteiger partial charge >= 0.3 is 11.9 Å². The molecule has 0 rings (SSSR count). The Morgan fingerprint density at radius 2 is 1.57 bits per heavy atom. The fraction of sp³-hybridized carbons (Fsp3) is 0.818. The summed E-state index contributed by atoms with van der Waals surface area (Å²) in [6.45, 7) is -0.959. The lowest BCUT2D eigenvalue weighted by molar-refractivity contribution is -0.180. The number of carbonyl (C=O) groups excluding carboxylic acids is 2. The minimum Gasteiger partial charge on any atom is -0.462 e. The highest BCUT2D eigenvalue weighted by atomic mass is 16.6. The van der Waals surface area contributed by atoms with E-state index in [-0.39, 0.29) is 0 Å². The lowest BCUT2D eigenvalue weighted by atomic mass is 10.0. The Kier molecular flexibility index (Phi) is 9.01. The van der Waals surface area contributed by atoms with E-state index in [0.717, 1.165) is 6.92 Å². The predicted molar refractivity (Wildman–Crippen MR) is 64.7 cm³/mol. The van der Waals surface area contributed by atoms with Crippen LogP contribution in [0.1, 0.15) is 6.92 Å². The fourth-order valence-electron chi connectivity index (χ4n) is 1.23. The van der Waals surface area contributed by atoms with E-state index in [1.165, 1.54) is 0 Å². The number of esters is 2. The first-order valence-corrected chi connectivity index (χ1v) is 6.02. The minimum absolute atomic E-state index is 0.456. The normalized spacial score (nSPS) is 18.2. The van der Waals surface area contributed by atoms with E-state index >= 15 is 0 Å². The molecule has 21 heavy (non-hydrogen) atoms. The average Bonchev–Trinajstić information content (AvgIpc) is 2.47. The fourth-order valence-corrected chi connectivity index (χ4v) is 1.23. The van der Waals surface area contributed by atoms with Crippen LogP contribution in [0, 0.1) is 0 Å². The van der Waals surface area contributed by atoms with E-state index in [1.807, 2.05) is 0 Å². The Morgan fingerprint density at radius 3 is 2.00 bits per heavy atom. The van der Waals surface area contributed by atoms with Crippen LogP contribution >= 0.6 is 0 Å². The second-order valence-corrected chi connectivity index (χ2v) is 4.22. The maximum Gasteiger partial charge on any atom is 0.338 e. The van der Waals surface area contributed by atoms with E-state index < -0.39 is 62.3 Å². The largest absolute Gasteiger partial charge is 0.462 e. The highest BCUT2D eigenvalue weighted by molar-refractivity contribution is 5.75. The molecule has 0 aliphatic carbocycles. The molecule has 0 amide bonds. The molecular weight excluding hydrogens is 292 g/mol. The monoisotopic (exact) mass is 312 g/mol. The first kappa shape index (κ1) is 19.7. The summed E-state index contributed by atoms with van der Waals surface area (Å²) >= 11 is 0. The van der Waals surface area contributed by atoms with Crippen LogP contribution in [0.4, 0.5) is 0 Å². The van der Waals surface area contributed by atoms with Gasteiger partial charge in [-0.05, 0) is 0 Å². The Hall–Kier alpha value is -1.30. The van der Waals surface area contributed by atoms with Crippen LogP contribution in [-0.4, -0.2) is 92.9 Å². The predicted octanol–water partition coefficient (Wildman–Crippen LogP) is -4.11. The average molecular weight is 312 g/mol. The van der Waals surface area contributed by atoms with Crippen LogP contribution in [0.2, 0.25) is 0 Å². The Bertz CT molecular complexity index is 333. The maximum absolute atomic E-state index is 11.5. The highest BCUT2D eigenvalue weighted by Crippen LogP contribution is 2.08. The smallest absolute Gasteiger partial charge is 0.338 e. The van der Waals surface area contributed by atoms with Crippen molar-refractivity contribution in [2.75, 3.05) is 19.8 Å². The Labute approximate surface area is 120 Å². The number of rotatable bonds is 9. The third-order valence-electron chi connectivity index (χ3n) is 2.46. The summed E-state index contributed by atoms with van der Waals surface area (Å²) in [4.78, 5) is 22.0. The summed E-state index contributed by atoms with van der Waals surface area (Å²) < 4.78 is 9.06. The van der Waals surface area contributed by atoms with Crippen LogP contribution in [0.3, 0.4) is 0 Å². The zero-order chi connectivity index (χ0) is 16.6. The molecule has 0 aromatic rings. The lowest BCUT2D eigenvalue weighted by Crippen LogP contribution is -2.50. The van der Waals surface area contributed by atoms with Crippen LogP contribution in [0.25, 0.3) is 0 Å². The maximum atomic E-state index is 11.5. The zero-order valence-electron chi connectivity index (χ0n) is 11.3. The molecule has 124 valence electrons. The molecule has 10 nitrogen and oxygen atoms in total. The molecule has 0 aromatic heterocycles. The minimum atomic E-state index is -2.23. The van der Waals surface area contributed by atoms with Crippen molar-refractivity contribution < 1.29 is 49.7 Å². The van der Waals surface area contributed by atoms with Crippen molar-refractivity contribution in [2.45, 2.75) is 37.4 Å². The third kappa shape index (κ3) is 6.80. The molecule has 0 aliphatic rings. The van der Waals surface area contributed by atoms with Gasteiger partial charge in [0.15, 0.2) is 12.2 Å². The topological polar surface area (TPSA) is 174 Å². The van der Waals surface area contributed by atoms with E-state index in [9.17, 15) is 24.9 Å².